The minimum atomic E-state index is -5.08. The lowest BCUT2D eigenvalue weighted by molar-refractivity contribution is -0.192. The number of nitrogens with one attached hydrogen (secondary N) is 2. The number of halogens is 7. The van der Waals surface area contributed by atoms with Crippen LogP contribution < -0.4 is 16.4 Å². The van der Waals surface area contributed by atoms with Crippen LogP contribution in [0.5, 0.6) is 0 Å². The van der Waals surface area contributed by atoms with E-state index in [0.717, 1.165) is 6.07 Å². The molecule has 7 nitrogen and oxygen atoms in total. The van der Waals surface area contributed by atoms with E-state index in [4.69, 9.17) is 38.8 Å². The number of alkyl halides is 3. The lowest BCUT2D eigenvalue weighted by Gasteiger charge is -2.37. The predicted molar refractivity (Wildman–Crippen MR) is 148 cm³/mol. The number of carboxylic acid groups (broad SMARTS) is 1. The number of benzene rings is 2. The topological polar surface area (TPSA) is 128 Å². The standard InChI is InChI=1S/C26H30Cl2F2N4O.C2HF3O2/c1-25(2,3)13-20-26(14-32,17-9-8-15(27)12-19(17)29)21(16-6-4-7-18(28)22(16)30)23(34-20)24(35)33-11-5-10-31;3-2(4,5)1(6)7/h4,6-9,12,20-21,23,34H,5,10-11,13,31H2,1-3H3,(H,33,35);(H,6,7)/t20?,21?,23-,26+;/m1./s1. The van der Waals surface area contributed by atoms with Gasteiger partial charge in [0.1, 0.15) is 17.0 Å². The molecule has 14 heteroatoms. The number of nitrogens with two attached hydrogens (primary N) is 1. The van der Waals surface area contributed by atoms with E-state index in [0.29, 0.717) is 25.9 Å². The van der Waals surface area contributed by atoms with Crippen LogP contribution in [0, 0.1) is 28.4 Å². The third kappa shape index (κ3) is 8.10. The molecule has 5 N–H and O–H groups in total. The van der Waals surface area contributed by atoms with Gasteiger partial charge in [-0.3, -0.25) is 4.79 Å². The first-order chi connectivity index (χ1) is 19.4. The second-order valence-corrected chi connectivity index (χ2v) is 11.8. The van der Waals surface area contributed by atoms with Crippen molar-refractivity contribution >= 4 is 35.1 Å². The fraction of sp³-hybridized carbons (Fsp3) is 0.464. The summed E-state index contributed by atoms with van der Waals surface area (Å²) in [5.41, 5.74) is 3.74. The third-order valence-corrected chi connectivity index (χ3v) is 7.18. The van der Waals surface area contributed by atoms with Gasteiger partial charge in [0.15, 0.2) is 0 Å². The molecule has 0 saturated carbocycles. The molecule has 1 saturated heterocycles. The quantitative estimate of drug-likeness (QED) is 0.228. The molecule has 1 aliphatic rings. The molecule has 1 aliphatic heterocycles. The van der Waals surface area contributed by atoms with Crippen LogP contribution in [0.3, 0.4) is 0 Å². The van der Waals surface area contributed by atoms with Crippen molar-refractivity contribution in [3.05, 3.63) is 69.2 Å². The van der Waals surface area contributed by atoms with E-state index in [9.17, 15) is 23.2 Å². The Morgan fingerprint density at radius 3 is 2.29 bits per heavy atom. The predicted octanol–water partition coefficient (Wildman–Crippen LogP) is 5.69. The monoisotopic (exact) mass is 636 g/mol. The van der Waals surface area contributed by atoms with E-state index in [1.165, 1.54) is 24.3 Å². The largest absolute Gasteiger partial charge is 0.490 e. The molecule has 2 aromatic rings. The van der Waals surface area contributed by atoms with Gasteiger partial charge in [-0.25, -0.2) is 13.6 Å². The Morgan fingerprint density at radius 1 is 1.17 bits per heavy atom. The van der Waals surface area contributed by atoms with Gasteiger partial charge in [-0.1, -0.05) is 62.2 Å². The summed E-state index contributed by atoms with van der Waals surface area (Å²) in [4.78, 5) is 22.3. The van der Waals surface area contributed by atoms with E-state index >= 15 is 8.78 Å². The highest BCUT2D eigenvalue weighted by Gasteiger charge is 2.61. The van der Waals surface area contributed by atoms with Gasteiger partial charge in [-0.05, 0) is 48.6 Å². The van der Waals surface area contributed by atoms with E-state index in [2.05, 4.69) is 16.7 Å². The molecular formula is C28H31Cl2F5N4O3. The number of nitrogens with zero attached hydrogens (tertiary/aromatic N) is 1. The molecule has 0 aliphatic carbocycles. The molecule has 4 atom stereocenters. The molecular weight excluding hydrogens is 606 g/mol. The first kappa shape index (κ1) is 35.2. The lowest BCUT2D eigenvalue weighted by Crippen LogP contribution is -2.46. The second-order valence-electron chi connectivity index (χ2n) is 10.9. The zero-order valence-electron chi connectivity index (χ0n) is 23.0. The number of carbonyl (C=O) groups excluding carboxylic acids is 1. The van der Waals surface area contributed by atoms with E-state index < -0.39 is 53.1 Å². The molecule has 230 valence electrons. The zero-order chi connectivity index (χ0) is 32.0. The summed E-state index contributed by atoms with van der Waals surface area (Å²) in [7, 11) is 0. The average Bonchev–Trinajstić information content (AvgIpc) is 3.18. The van der Waals surface area contributed by atoms with Crippen LogP contribution in [0.4, 0.5) is 22.0 Å². The van der Waals surface area contributed by atoms with E-state index in [1.807, 2.05) is 20.8 Å². The number of rotatable bonds is 7. The number of carboxylic acids is 1. The Labute approximate surface area is 250 Å². The number of aliphatic carboxylic acids is 1. The molecule has 42 heavy (non-hydrogen) atoms. The van der Waals surface area contributed by atoms with Gasteiger partial charge in [-0.2, -0.15) is 18.4 Å². The fourth-order valence-electron chi connectivity index (χ4n) is 4.98. The van der Waals surface area contributed by atoms with Crippen molar-refractivity contribution < 1.29 is 36.6 Å². The summed E-state index contributed by atoms with van der Waals surface area (Å²) < 4.78 is 62.7. The number of nitriles is 1. The van der Waals surface area contributed by atoms with Crippen molar-refractivity contribution in [1.29, 1.82) is 5.26 Å². The maximum absolute atomic E-state index is 15.5. The highest BCUT2D eigenvalue weighted by molar-refractivity contribution is 6.31. The highest BCUT2D eigenvalue weighted by Crippen LogP contribution is 2.52. The Bertz CT molecular complexity index is 1330. The molecule has 0 radical (unpaired) electrons. The minimum absolute atomic E-state index is 0.0489. The molecule has 0 spiro atoms. The Kier molecular flexibility index (Phi) is 11.7. The number of hydrogen-bond acceptors (Lipinski definition) is 5. The van der Waals surface area contributed by atoms with Gasteiger partial charge >= 0.3 is 12.1 Å². The number of hydrogen-bond donors (Lipinski definition) is 4. The molecule has 1 amide bonds. The highest BCUT2D eigenvalue weighted by atomic mass is 35.5. The maximum Gasteiger partial charge on any atom is 0.490 e. The third-order valence-electron chi connectivity index (χ3n) is 6.65. The fourth-order valence-corrected chi connectivity index (χ4v) is 5.32. The van der Waals surface area contributed by atoms with Crippen LogP contribution in [0.25, 0.3) is 0 Å². The Morgan fingerprint density at radius 2 is 1.79 bits per heavy atom. The molecule has 3 rings (SSSR count). The Balaban J connectivity index is 0.000000782. The number of amides is 1. The second kappa shape index (κ2) is 14.0. The first-order valence-corrected chi connectivity index (χ1v) is 13.5. The van der Waals surface area contributed by atoms with Crippen LogP contribution in [0.1, 0.15) is 50.7 Å². The molecule has 0 aromatic heterocycles. The summed E-state index contributed by atoms with van der Waals surface area (Å²) in [6, 6.07) is 9.12. The minimum Gasteiger partial charge on any atom is -0.475 e. The van der Waals surface area contributed by atoms with Gasteiger partial charge < -0.3 is 21.5 Å². The average molecular weight is 637 g/mol. The SMILES string of the molecule is CC(C)(C)CC1N[C@@H](C(=O)NCCCN)C(c2cccc(Cl)c2F)[C@@]1(C#N)c1ccc(Cl)cc1F.O=C(O)C(F)(F)F. The van der Waals surface area contributed by atoms with Crippen LogP contribution in [-0.4, -0.2) is 48.3 Å². The van der Waals surface area contributed by atoms with Gasteiger partial charge in [0, 0.05) is 29.1 Å². The van der Waals surface area contributed by atoms with Crippen LogP contribution in [0.2, 0.25) is 10.0 Å². The van der Waals surface area contributed by atoms with E-state index in [1.54, 1.807) is 6.07 Å². The lowest BCUT2D eigenvalue weighted by atomic mass is 9.62. The summed E-state index contributed by atoms with van der Waals surface area (Å²) in [5, 5.41) is 24.0. The van der Waals surface area contributed by atoms with Gasteiger partial charge in [0.05, 0.1) is 17.1 Å². The van der Waals surface area contributed by atoms with Crippen LogP contribution >= 0.6 is 23.2 Å². The van der Waals surface area contributed by atoms with Gasteiger partial charge in [-0.15, -0.1) is 0 Å². The zero-order valence-corrected chi connectivity index (χ0v) is 24.5. The summed E-state index contributed by atoms with van der Waals surface area (Å²) in [6.45, 7) is 6.66. The molecule has 0 bridgehead atoms. The normalized spacial score (nSPS) is 22.1. The molecule has 1 heterocycles. The van der Waals surface area contributed by atoms with Crippen molar-refractivity contribution in [2.45, 2.75) is 63.2 Å². The van der Waals surface area contributed by atoms with Crippen molar-refractivity contribution in [2.24, 2.45) is 11.1 Å². The van der Waals surface area contributed by atoms with Gasteiger partial charge in [0.25, 0.3) is 0 Å². The molecule has 2 unspecified atom stereocenters. The Hall–Kier alpha value is -2.98. The molecule has 2 aromatic carbocycles. The summed E-state index contributed by atoms with van der Waals surface area (Å²) in [6.07, 6.45) is -4.12. The van der Waals surface area contributed by atoms with Crippen LogP contribution in [-0.2, 0) is 15.0 Å². The summed E-state index contributed by atoms with van der Waals surface area (Å²) >= 11 is 12.1. The van der Waals surface area contributed by atoms with Crippen molar-refractivity contribution in [3.63, 3.8) is 0 Å². The van der Waals surface area contributed by atoms with Crippen molar-refractivity contribution in [3.8, 4) is 6.07 Å². The van der Waals surface area contributed by atoms with Gasteiger partial charge in [0.2, 0.25) is 5.91 Å². The smallest absolute Gasteiger partial charge is 0.475 e. The van der Waals surface area contributed by atoms with E-state index in [-0.39, 0.29) is 26.6 Å². The maximum atomic E-state index is 15.5. The number of carbonyl (C=O) groups is 2. The van der Waals surface area contributed by atoms with Crippen molar-refractivity contribution in [1.82, 2.24) is 10.6 Å². The van der Waals surface area contributed by atoms with Crippen molar-refractivity contribution in [2.75, 3.05) is 13.1 Å². The molecule has 1 fully saturated rings. The first-order valence-electron chi connectivity index (χ1n) is 12.7. The summed E-state index contributed by atoms with van der Waals surface area (Å²) in [5.74, 6) is -5.70. The van der Waals surface area contributed by atoms with Crippen LogP contribution in [0.15, 0.2) is 36.4 Å².